The Morgan fingerprint density at radius 3 is 2.70 bits per heavy atom. The number of aryl methyl sites for hydroxylation is 1. The predicted molar refractivity (Wildman–Crippen MR) is 130 cm³/mol. The highest BCUT2D eigenvalue weighted by Gasteiger charge is 2.20. The van der Waals surface area contributed by atoms with Crippen molar-refractivity contribution in [3.63, 3.8) is 0 Å². The molecule has 1 aliphatic heterocycles. The van der Waals surface area contributed by atoms with E-state index in [1.165, 1.54) is 0 Å². The molecule has 30 heavy (non-hydrogen) atoms. The van der Waals surface area contributed by atoms with E-state index in [9.17, 15) is 4.79 Å². The quantitative estimate of drug-likeness (QED) is 0.423. The van der Waals surface area contributed by atoms with Gasteiger partial charge in [-0.1, -0.05) is 24.4 Å². The van der Waals surface area contributed by atoms with E-state index < -0.39 is 0 Å². The molecular formula is C22H25IN2O4S. The fourth-order valence-electron chi connectivity index (χ4n) is 3.10. The molecule has 0 unspecified atom stereocenters. The highest BCUT2D eigenvalue weighted by Crippen LogP contribution is 2.35. The number of amides is 1. The molecule has 2 aromatic carbocycles. The van der Waals surface area contributed by atoms with Crippen LogP contribution in [0.4, 0.5) is 5.69 Å². The summed E-state index contributed by atoms with van der Waals surface area (Å²) in [7, 11) is 0. The Kier molecular flexibility index (Phi) is 8.29. The Hall–Kier alpha value is -1.91. The molecule has 160 valence electrons. The van der Waals surface area contributed by atoms with Crippen molar-refractivity contribution in [2.24, 2.45) is 0 Å². The second-order valence-corrected chi connectivity index (χ2v) is 8.38. The van der Waals surface area contributed by atoms with Crippen molar-refractivity contribution in [1.82, 2.24) is 4.90 Å². The molecule has 1 saturated heterocycles. The Morgan fingerprint density at radius 1 is 1.23 bits per heavy atom. The lowest BCUT2D eigenvalue weighted by atomic mass is 10.1. The number of benzene rings is 2. The van der Waals surface area contributed by atoms with Gasteiger partial charge < -0.3 is 24.4 Å². The summed E-state index contributed by atoms with van der Waals surface area (Å²) in [5.41, 5.74) is 2.72. The molecule has 1 heterocycles. The van der Waals surface area contributed by atoms with Crippen LogP contribution in [-0.4, -0.2) is 55.3 Å². The number of rotatable bonds is 7. The van der Waals surface area contributed by atoms with Crippen LogP contribution in [-0.2, 0) is 9.53 Å². The predicted octanol–water partition coefficient (Wildman–Crippen LogP) is 4.02. The van der Waals surface area contributed by atoms with E-state index in [4.69, 9.17) is 26.4 Å². The van der Waals surface area contributed by atoms with Crippen LogP contribution >= 0.6 is 34.8 Å². The van der Waals surface area contributed by atoms with E-state index >= 15 is 0 Å². The molecule has 1 fully saturated rings. The molecule has 1 N–H and O–H groups in total. The minimum absolute atomic E-state index is 0.114. The number of thiocarbonyl (C=S) groups is 1. The number of nitrogens with zero attached hydrogens (tertiary/aromatic N) is 1. The number of halogens is 1. The molecule has 6 nitrogen and oxygen atoms in total. The fourth-order valence-corrected chi connectivity index (χ4v) is 4.16. The van der Waals surface area contributed by atoms with Crippen molar-refractivity contribution in [3.05, 3.63) is 51.1 Å². The van der Waals surface area contributed by atoms with Gasteiger partial charge in [0.2, 0.25) is 0 Å². The van der Waals surface area contributed by atoms with Crippen molar-refractivity contribution in [1.29, 1.82) is 0 Å². The summed E-state index contributed by atoms with van der Waals surface area (Å²) in [5.74, 6) is 0.899. The summed E-state index contributed by atoms with van der Waals surface area (Å²) in [6.07, 6.45) is 0. The molecule has 1 amide bonds. The van der Waals surface area contributed by atoms with E-state index in [1.54, 1.807) is 0 Å². The molecule has 3 rings (SSSR count). The van der Waals surface area contributed by atoms with Crippen LogP contribution in [0.3, 0.4) is 0 Å². The number of morpholine rings is 1. The normalized spacial score (nSPS) is 13.6. The average Bonchev–Trinajstić information content (AvgIpc) is 2.73. The first kappa shape index (κ1) is 22.8. The third-order valence-corrected chi connectivity index (χ3v) is 5.80. The third kappa shape index (κ3) is 6.05. The minimum Gasteiger partial charge on any atom is -0.490 e. The monoisotopic (exact) mass is 540 g/mol. The van der Waals surface area contributed by atoms with E-state index in [1.807, 2.05) is 50.2 Å². The van der Waals surface area contributed by atoms with Gasteiger partial charge in [-0.15, -0.1) is 0 Å². The zero-order valence-corrected chi connectivity index (χ0v) is 20.0. The average molecular weight is 540 g/mol. The van der Waals surface area contributed by atoms with Gasteiger partial charge in [0.05, 0.1) is 23.4 Å². The van der Waals surface area contributed by atoms with Crippen molar-refractivity contribution in [3.8, 4) is 11.5 Å². The van der Waals surface area contributed by atoms with Gasteiger partial charge in [-0.25, -0.2) is 0 Å². The van der Waals surface area contributed by atoms with E-state index in [0.717, 1.165) is 38.5 Å². The molecule has 0 radical (unpaired) electrons. The van der Waals surface area contributed by atoms with Gasteiger partial charge in [0.25, 0.3) is 5.91 Å². The number of nitrogens with one attached hydrogen (secondary N) is 1. The van der Waals surface area contributed by atoms with E-state index in [-0.39, 0.29) is 12.5 Å². The van der Waals surface area contributed by atoms with Gasteiger partial charge in [-0.3, -0.25) is 4.79 Å². The number of carbonyl (C=O) groups is 1. The second kappa shape index (κ2) is 10.9. The number of ether oxygens (including phenoxy) is 3. The third-order valence-electron chi connectivity index (χ3n) is 4.50. The molecular weight excluding hydrogens is 515 g/mol. The second-order valence-electron chi connectivity index (χ2n) is 6.83. The number of hydrogen-bond acceptors (Lipinski definition) is 5. The first-order valence-corrected chi connectivity index (χ1v) is 11.3. The van der Waals surface area contributed by atoms with Gasteiger partial charge in [0.1, 0.15) is 4.99 Å². The summed E-state index contributed by atoms with van der Waals surface area (Å²) in [6.45, 7) is 7.15. The molecule has 0 saturated carbocycles. The zero-order valence-electron chi connectivity index (χ0n) is 17.1. The lowest BCUT2D eigenvalue weighted by Gasteiger charge is -2.29. The highest BCUT2D eigenvalue weighted by molar-refractivity contribution is 14.1. The summed E-state index contributed by atoms with van der Waals surface area (Å²) < 4.78 is 17.9. The zero-order chi connectivity index (χ0) is 21.5. The van der Waals surface area contributed by atoms with E-state index in [2.05, 4.69) is 32.8 Å². The van der Waals surface area contributed by atoms with Crippen LogP contribution in [0, 0.1) is 10.5 Å². The van der Waals surface area contributed by atoms with Crippen molar-refractivity contribution < 1.29 is 19.0 Å². The molecule has 0 aliphatic carbocycles. The first-order chi connectivity index (χ1) is 14.5. The Balaban J connectivity index is 1.71. The fraction of sp³-hybridized carbons (Fsp3) is 0.364. The minimum atomic E-state index is -0.230. The van der Waals surface area contributed by atoms with Gasteiger partial charge >= 0.3 is 0 Å². The maximum Gasteiger partial charge on any atom is 0.262 e. The topological polar surface area (TPSA) is 60.0 Å². The van der Waals surface area contributed by atoms with Crippen molar-refractivity contribution in [2.45, 2.75) is 13.8 Å². The Labute approximate surface area is 196 Å². The SMILES string of the molecule is CCOc1cc(C(=S)N2CCOCC2)cc(I)c1OCC(=O)Nc1cccc(C)c1. The van der Waals surface area contributed by atoms with Gasteiger partial charge in [-0.05, 0) is 66.3 Å². The van der Waals surface area contributed by atoms with Crippen LogP contribution in [0.15, 0.2) is 36.4 Å². The Morgan fingerprint density at radius 2 is 2.00 bits per heavy atom. The smallest absolute Gasteiger partial charge is 0.262 e. The molecule has 0 bridgehead atoms. The van der Waals surface area contributed by atoms with Gasteiger partial charge in [-0.2, -0.15) is 0 Å². The molecule has 0 spiro atoms. The van der Waals surface area contributed by atoms with Crippen molar-refractivity contribution >= 4 is 51.4 Å². The van der Waals surface area contributed by atoms with Crippen LogP contribution in [0.1, 0.15) is 18.1 Å². The van der Waals surface area contributed by atoms with Crippen LogP contribution in [0.25, 0.3) is 0 Å². The lowest BCUT2D eigenvalue weighted by Crippen LogP contribution is -2.40. The van der Waals surface area contributed by atoms with Gasteiger partial charge in [0, 0.05) is 24.3 Å². The Bertz CT molecular complexity index is 916. The standard InChI is InChI=1S/C22H25IN2O4S/c1-3-28-19-13-16(22(30)25-7-9-27-10-8-25)12-18(23)21(19)29-14-20(26)24-17-6-4-5-15(2)11-17/h4-6,11-13H,3,7-10,14H2,1-2H3,(H,24,26). The van der Waals surface area contributed by atoms with Crippen LogP contribution in [0.5, 0.6) is 11.5 Å². The number of hydrogen-bond donors (Lipinski definition) is 1. The maximum atomic E-state index is 12.3. The van der Waals surface area contributed by atoms with Gasteiger partial charge in [0.15, 0.2) is 18.1 Å². The summed E-state index contributed by atoms with van der Waals surface area (Å²) >= 11 is 7.87. The summed E-state index contributed by atoms with van der Waals surface area (Å²) in [4.78, 5) is 15.2. The van der Waals surface area contributed by atoms with Crippen molar-refractivity contribution in [2.75, 3.05) is 44.8 Å². The maximum absolute atomic E-state index is 12.3. The number of anilines is 1. The molecule has 1 aliphatic rings. The highest BCUT2D eigenvalue weighted by atomic mass is 127. The summed E-state index contributed by atoms with van der Waals surface area (Å²) in [5, 5.41) is 2.85. The number of carbonyl (C=O) groups excluding carboxylic acids is 1. The molecule has 8 heteroatoms. The molecule has 0 aromatic heterocycles. The lowest BCUT2D eigenvalue weighted by molar-refractivity contribution is -0.118. The molecule has 2 aromatic rings. The summed E-state index contributed by atoms with van der Waals surface area (Å²) in [6, 6.07) is 11.5. The molecule has 0 atom stereocenters. The van der Waals surface area contributed by atoms with E-state index in [0.29, 0.717) is 31.3 Å². The van der Waals surface area contributed by atoms with Crippen LogP contribution < -0.4 is 14.8 Å². The van der Waals surface area contributed by atoms with Crippen LogP contribution in [0.2, 0.25) is 0 Å². The first-order valence-electron chi connectivity index (χ1n) is 9.80. The largest absolute Gasteiger partial charge is 0.490 e.